The van der Waals surface area contributed by atoms with E-state index in [4.69, 9.17) is 10.5 Å². The highest BCUT2D eigenvalue weighted by Gasteiger charge is 2.53. The lowest BCUT2D eigenvalue weighted by atomic mass is 10.0. The van der Waals surface area contributed by atoms with Gasteiger partial charge in [-0.05, 0) is 35.0 Å². The number of hydrogen-bond donors (Lipinski definition) is 1. The van der Waals surface area contributed by atoms with Crippen LogP contribution >= 0.6 is 23.5 Å². The van der Waals surface area contributed by atoms with Crippen molar-refractivity contribution in [3.63, 3.8) is 0 Å². The number of thioether (sulfide) groups is 2. The second-order valence-corrected chi connectivity index (χ2v) is 10.2. The van der Waals surface area contributed by atoms with Crippen LogP contribution in [0.15, 0.2) is 107 Å². The van der Waals surface area contributed by atoms with Crippen LogP contribution < -0.4 is 5.73 Å². The number of amides is 1. The van der Waals surface area contributed by atoms with Crippen molar-refractivity contribution < 1.29 is 19.1 Å². The normalized spacial score (nSPS) is 19.3. The Hall–Kier alpha value is -3.33. The van der Waals surface area contributed by atoms with E-state index in [0.717, 1.165) is 27.8 Å². The molecular weight excluding hydrogens is 480 g/mol. The van der Waals surface area contributed by atoms with Crippen LogP contribution in [-0.4, -0.2) is 39.1 Å². The first-order valence-corrected chi connectivity index (χ1v) is 12.9. The summed E-state index contributed by atoms with van der Waals surface area (Å²) in [4.78, 5) is 41.7. The van der Waals surface area contributed by atoms with E-state index in [0.29, 0.717) is 0 Å². The summed E-state index contributed by atoms with van der Waals surface area (Å²) in [6.07, 6.45) is -0.700. The summed E-state index contributed by atoms with van der Waals surface area (Å²) in [5.41, 5.74) is 7.81. The zero-order valence-corrected chi connectivity index (χ0v) is 20.2. The Morgan fingerprint density at radius 1 is 0.914 bits per heavy atom. The quantitative estimate of drug-likeness (QED) is 0.308. The van der Waals surface area contributed by atoms with Crippen molar-refractivity contribution in [1.82, 2.24) is 4.90 Å². The summed E-state index contributed by atoms with van der Waals surface area (Å²) in [6.45, 7) is 0. The first-order valence-electron chi connectivity index (χ1n) is 11.1. The zero-order chi connectivity index (χ0) is 24.4. The number of nitrogens with zero attached hydrogens (tertiary/aromatic N) is 1. The van der Waals surface area contributed by atoms with Gasteiger partial charge in [-0.2, -0.15) is 0 Å². The molecule has 1 saturated heterocycles. The van der Waals surface area contributed by atoms with Gasteiger partial charge in [0.1, 0.15) is 17.1 Å². The molecule has 0 bridgehead atoms. The molecule has 0 aromatic heterocycles. The highest BCUT2D eigenvalue weighted by molar-refractivity contribution is 8.14. The van der Waals surface area contributed by atoms with E-state index in [1.807, 2.05) is 91.0 Å². The van der Waals surface area contributed by atoms with Crippen LogP contribution in [0.3, 0.4) is 0 Å². The number of carbonyl (C=O) groups is 3. The molecule has 35 heavy (non-hydrogen) atoms. The number of benzene rings is 3. The summed E-state index contributed by atoms with van der Waals surface area (Å²) in [7, 11) is 0. The number of β-lactam (4-membered cyclic amide) rings is 1. The summed E-state index contributed by atoms with van der Waals surface area (Å²) in [6, 6.07) is 27.2. The van der Waals surface area contributed by atoms with Crippen LogP contribution in [0.2, 0.25) is 0 Å². The minimum absolute atomic E-state index is 0.00857. The molecular formula is C27H22N2O4S2. The summed E-state index contributed by atoms with van der Waals surface area (Å²) < 4.78 is 6.03. The number of esters is 1. The van der Waals surface area contributed by atoms with Crippen molar-refractivity contribution in [1.29, 1.82) is 0 Å². The molecule has 1 unspecified atom stereocenters. The molecule has 8 heteroatoms. The third-order valence-corrected chi connectivity index (χ3v) is 8.07. The molecule has 176 valence electrons. The molecule has 0 spiro atoms. The van der Waals surface area contributed by atoms with Crippen LogP contribution in [0.1, 0.15) is 17.2 Å². The van der Waals surface area contributed by atoms with E-state index in [-0.39, 0.29) is 28.0 Å². The molecule has 0 saturated carbocycles. The molecule has 2 N–H and O–H groups in total. The number of rotatable bonds is 6. The molecule has 2 heterocycles. The van der Waals surface area contributed by atoms with Crippen LogP contribution in [-0.2, 0) is 19.1 Å². The van der Waals surface area contributed by atoms with Gasteiger partial charge in [-0.25, -0.2) is 4.79 Å². The monoisotopic (exact) mass is 502 g/mol. The molecule has 0 aliphatic carbocycles. The fourth-order valence-electron chi connectivity index (χ4n) is 4.07. The minimum Gasteiger partial charge on any atom is -0.448 e. The van der Waals surface area contributed by atoms with Gasteiger partial charge >= 0.3 is 5.97 Å². The maximum absolute atomic E-state index is 13.7. The van der Waals surface area contributed by atoms with Crippen LogP contribution in [0.5, 0.6) is 0 Å². The van der Waals surface area contributed by atoms with E-state index in [2.05, 4.69) is 0 Å². The molecule has 1 amide bonds. The van der Waals surface area contributed by atoms with Gasteiger partial charge < -0.3 is 10.5 Å². The molecule has 2 aliphatic rings. The maximum Gasteiger partial charge on any atom is 0.356 e. The first kappa shape index (κ1) is 23.4. The molecule has 0 radical (unpaired) electrons. The van der Waals surface area contributed by atoms with Crippen LogP contribution in [0.4, 0.5) is 0 Å². The van der Waals surface area contributed by atoms with Crippen molar-refractivity contribution in [2.24, 2.45) is 5.73 Å². The van der Waals surface area contributed by atoms with Gasteiger partial charge in [0, 0.05) is 16.2 Å². The summed E-state index contributed by atoms with van der Waals surface area (Å²) >= 11 is 2.41. The van der Waals surface area contributed by atoms with Crippen LogP contribution in [0.25, 0.3) is 0 Å². The molecule has 2 atom stereocenters. The predicted molar refractivity (Wildman–Crippen MR) is 136 cm³/mol. The van der Waals surface area contributed by atoms with Crippen molar-refractivity contribution >= 4 is 40.5 Å². The molecule has 3 aromatic rings. The van der Waals surface area contributed by atoms with Gasteiger partial charge in [0.25, 0.3) is 0 Å². The standard InChI is InChI=1S/C27H22N2O4S2/c28-21-24(30)29-22(20(16-34-25(21)29)27(32)35-19-14-8-3-9-15-19)26(31)33-23(17-10-4-1-5-11-17)18-12-6-2-7-13-18/h1-15,21,23,25H,16,28H2/t21?,25-/m1/s1. The second-order valence-electron chi connectivity index (χ2n) is 8.07. The van der Waals surface area contributed by atoms with E-state index in [1.54, 1.807) is 0 Å². The van der Waals surface area contributed by atoms with E-state index in [9.17, 15) is 14.4 Å². The highest BCUT2D eigenvalue weighted by atomic mass is 32.2. The lowest BCUT2D eigenvalue weighted by Crippen LogP contribution is -2.68. The van der Waals surface area contributed by atoms with Crippen molar-refractivity contribution in [3.05, 3.63) is 113 Å². The number of fused-ring (bicyclic) bond motifs is 1. The fraction of sp³-hybridized carbons (Fsp3) is 0.148. The lowest BCUT2D eigenvalue weighted by molar-refractivity contribution is -0.153. The fourth-order valence-corrected chi connectivity index (χ4v) is 6.24. The van der Waals surface area contributed by atoms with E-state index in [1.165, 1.54) is 16.7 Å². The number of ether oxygens (including phenoxy) is 1. The Balaban J connectivity index is 1.51. The number of hydrogen-bond acceptors (Lipinski definition) is 7. The average Bonchev–Trinajstić information content (AvgIpc) is 2.91. The minimum atomic E-state index is -0.717. The molecule has 3 aromatic carbocycles. The largest absolute Gasteiger partial charge is 0.448 e. The molecule has 5 rings (SSSR count). The van der Waals surface area contributed by atoms with Gasteiger partial charge in [0.05, 0.1) is 0 Å². The number of carbonyl (C=O) groups excluding carboxylic acids is 3. The molecule has 2 aliphatic heterocycles. The second kappa shape index (κ2) is 10.1. The summed E-state index contributed by atoms with van der Waals surface area (Å²) in [5.74, 6) is -0.836. The third-order valence-electron chi connectivity index (χ3n) is 5.83. The molecule has 1 fully saturated rings. The van der Waals surface area contributed by atoms with E-state index < -0.39 is 23.5 Å². The first-order chi connectivity index (χ1) is 17.0. The Labute approximate surface area is 211 Å². The maximum atomic E-state index is 13.7. The average molecular weight is 503 g/mol. The van der Waals surface area contributed by atoms with E-state index >= 15 is 0 Å². The third kappa shape index (κ3) is 4.65. The van der Waals surface area contributed by atoms with Crippen LogP contribution in [0, 0.1) is 0 Å². The lowest BCUT2D eigenvalue weighted by Gasteiger charge is -2.48. The Kier molecular flexibility index (Phi) is 6.77. The van der Waals surface area contributed by atoms with Gasteiger partial charge in [0.15, 0.2) is 6.10 Å². The predicted octanol–water partition coefficient (Wildman–Crippen LogP) is 4.13. The van der Waals surface area contributed by atoms with Crippen molar-refractivity contribution in [2.45, 2.75) is 22.4 Å². The van der Waals surface area contributed by atoms with Gasteiger partial charge in [0.2, 0.25) is 11.0 Å². The van der Waals surface area contributed by atoms with Crippen molar-refractivity contribution in [2.75, 3.05) is 5.75 Å². The Bertz CT molecular complexity index is 1240. The SMILES string of the molecule is NC1C(=O)N2C(C(=O)OC(c3ccccc3)c3ccccc3)=C(C(=O)Sc3ccccc3)CS[C@H]12. The van der Waals surface area contributed by atoms with Crippen molar-refractivity contribution in [3.8, 4) is 0 Å². The van der Waals surface area contributed by atoms with Gasteiger partial charge in [-0.15, -0.1) is 11.8 Å². The number of nitrogens with two attached hydrogens (primary N) is 1. The zero-order valence-electron chi connectivity index (χ0n) is 18.6. The Morgan fingerprint density at radius 3 is 2.03 bits per heavy atom. The van der Waals surface area contributed by atoms with Gasteiger partial charge in [-0.3, -0.25) is 14.5 Å². The topological polar surface area (TPSA) is 89.7 Å². The summed E-state index contributed by atoms with van der Waals surface area (Å²) in [5, 5.41) is -0.687. The Morgan fingerprint density at radius 2 is 1.46 bits per heavy atom. The highest BCUT2D eigenvalue weighted by Crippen LogP contribution is 2.42. The molecule has 6 nitrogen and oxygen atoms in total. The van der Waals surface area contributed by atoms with Gasteiger partial charge in [-0.1, -0.05) is 78.9 Å². The smallest absolute Gasteiger partial charge is 0.356 e.